The van der Waals surface area contributed by atoms with Crippen LogP contribution < -0.4 is 15.5 Å². The highest BCUT2D eigenvalue weighted by molar-refractivity contribution is 6.16. The van der Waals surface area contributed by atoms with E-state index in [1.807, 2.05) is 51.4 Å². The van der Waals surface area contributed by atoms with Crippen molar-refractivity contribution in [2.75, 3.05) is 15.5 Å². The van der Waals surface area contributed by atoms with Crippen molar-refractivity contribution in [1.29, 1.82) is 0 Å². The molecule has 0 spiro atoms. The molecule has 0 unspecified atom stereocenters. The fourth-order valence-corrected chi connectivity index (χ4v) is 5.33. The maximum Gasteiger partial charge on any atom is 0.259 e. The molecule has 12 heteroatoms. The smallest absolute Gasteiger partial charge is 0.259 e. The van der Waals surface area contributed by atoms with Gasteiger partial charge in [0.15, 0.2) is 5.82 Å². The topological polar surface area (TPSA) is 147 Å². The van der Waals surface area contributed by atoms with Crippen molar-refractivity contribution in [2.45, 2.75) is 20.4 Å². The molecule has 43 heavy (non-hydrogen) atoms. The Labute approximate surface area is 245 Å². The van der Waals surface area contributed by atoms with E-state index in [-0.39, 0.29) is 11.8 Å². The van der Waals surface area contributed by atoms with Crippen LogP contribution in [0.1, 0.15) is 37.5 Å². The third-order valence-electron chi connectivity index (χ3n) is 7.63. The van der Waals surface area contributed by atoms with E-state index in [1.165, 1.54) is 12.4 Å². The zero-order valence-electron chi connectivity index (χ0n) is 23.6. The molecule has 12 nitrogen and oxygen atoms in total. The molecule has 2 amide bonds. The molecule has 212 valence electrons. The number of anilines is 4. The molecule has 1 aliphatic rings. The summed E-state index contributed by atoms with van der Waals surface area (Å²) in [5.74, 6) is 0.635. The lowest BCUT2D eigenvalue weighted by Gasteiger charge is -2.17. The summed E-state index contributed by atoms with van der Waals surface area (Å²) in [6.45, 7) is 4.24. The van der Waals surface area contributed by atoms with E-state index in [4.69, 9.17) is 4.98 Å². The summed E-state index contributed by atoms with van der Waals surface area (Å²) in [5.41, 5.74) is 7.36. The predicted octanol–water partition coefficient (Wildman–Crippen LogP) is 4.92. The van der Waals surface area contributed by atoms with Crippen molar-refractivity contribution in [2.24, 2.45) is 7.05 Å². The Morgan fingerprint density at radius 2 is 1.88 bits per heavy atom. The summed E-state index contributed by atoms with van der Waals surface area (Å²) in [6, 6.07) is 14.7. The lowest BCUT2D eigenvalue weighted by Crippen LogP contribution is -2.23. The molecule has 3 N–H and O–H groups in total. The monoisotopic (exact) mass is 570 g/mol. The number of aryl methyl sites for hydroxylation is 3. The van der Waals surface area contributed by atoms with Crippen molar-refractivity contribution in [3.05, 3.63) is 101 Å². The Morgan fingerprint density at radius 3 is 2.67 bits per heavy atom. The molecule has 4 aromatic heterocycles. The highest BCUT2D eigenvalue weighted by Crippen LogP contribution is 2.39. The second-order valence-electron chi connectivity index (χ2n) is 10.4. The average Bonchev–Trinajstić information content (AvgIpc) is 3.69. The first-order valence-electron chi connectivity index (χ1n) is 13.6. The number of nitrogens with zero attached hydrogens (tertiary/aromatic N) is 7. The molecule has 0 bridgehead atoms. The first kappa shape index (κ1) is 26.0. The van der Waals surface area contributed by atoms with Crippen LogP contribution in [0.3, 0.4) is 0 Å². The molecule has 5 heterocycles. The van der Waals surface area contributed by atoms with Crippen LogP contribution in [0.4, 0.5) is 23.1 Å². The molecule has 0 radical (unpaired) electrons. The van der Waals surface area contributed by atoms with Gasteiger partial charge in [0, 0.05) is 59.0 Å². The van der Waals surface area contributed by atoms with E-state index in [0.717, 1.165) is 44.7 Å². The third-order valence-corrected chi connectivity index (χ3v) is 7.63. The number of nitrogens with one attached hydrogen (secondary N) is 3. The van der Waals surface area contributed by atoms with E-state index in [2.05, 4.69) is 35.9 Å². The van der Waals surface area contributed by atoms with Crippen molar-refractivity contribution < 1.29 is 9.59 Å². The molecule has 6 aromatic rings. The Kier molecular flexibility index (Phi) is 6.16. The van der Waals surface area contributed by atoms with Gasteiger partial charge in [-0.2, -0.15) is 15.3 Å². The lowest BCUT2D eigenvalue weighted by molar-refractivity contribution is 0.0994. The maximum atomic E-state index is 13.7. The summed E-state index contributed by atoms with van der Waals surface area (Å²) in [4.78, 5) is 40.9. The number of H-pyrrole nitrogens is 1. The minimum absolute atomic E-state index is 0.143. The van der Waals surface area contributed by atoms with E-state index in [9.17, 15) is 9.59 Å². The number of fused-ring (bicyclic) bond motifs is 2. The maximum absolute atomic E-state index is 13.7. The molecule has 0 saturated carbocycles. The number of rotatable bonds is 6. The average molecular weight is 571 g/mol. The highest BCUT2D eigenvalue weighted by atomic mass is 16.2. The SMILES string of the molecule is Cc1cnc(Nc2cc(C)n(C)n2)nc1-c1c[nH]c2c(N3Cc4c(NC(=O)c5ccnnc5)cccc4C3=O)cccc12. The molecule has 7 rings (SSSR count). The number of hydrogen-bond donors (Lipinski definition) is 3. The minimum atomic E-state index is -0.322. The van der Waals surface area contributed by atoms with Gasteiger partial charge in [-0.1, -0.05) is 18.2 Å². The quantitative estimate of drug-likeness (QED) is 0.256. The summed E-state index contributed by atoms with van der Waals surface area (Å²) in [6.07, 6.45) is 6.54. The zero-order valence-corrected chi connectivity index (χ0v) is 23.6. The van der Waals surface area contributed by atoms with Crippen LogP contribution in [0.2, 0.25) is 0 Å². The van der Waals surface area contributed by atoms with Gasteiger partial charge in [-0.25, -0.2) is 9.97 Å². The molecule has 0 atom stereocenters. The number of para-hydroxylation sites is 1. The van der Waals surface area contributed by atoms with Crippen molar-refractivity contribution in [3.63, 3.8) is 0 Å². The van der Waals surface area contributed by atoms with Gasteiger partial charge in [-0.15, -0.1) is 0 Å². The van der Waals surface area contributed by atoms with Crippen molar-refractivity contribution in [3.8, 4) is 11.3 Å². The third kappa shape index (κ3) is 4.54. The van der Waals surface area contributed by atoms with Crippen LogP contribution in [-0.4, -0.2) is 46.7 Å². The molecular weight excluding hydrogens is 544 g/mol. The Bertz CT molecular complexity index is 2030. The van der Waals surface area contributed by atoms with Crippen LogP contribution in [-0.2, 0) is 13.6 Å². The molecule has 0 saturated heterocycles. The summed E-state index contributed by atoms with van der Waals surface area (Å²) in [5, 5.41) is 19.0. The minimum Gasteiger partial charge on any atom is -0.359 e. The summed E-state index contributed by atoms with van der Waals surface area (Å²) in [7, 11) is 1.88. The fraction of sp³-hybridized carbons (Fsp3) is 0.129. The molecular formula is C31H26N10O2. The molecule has 2 aromatic carbocycles. The lowest BCUT2D eigenvalue weighted by atomic mass is 10.1. The van der Waals surface area contributed by atoms with Crippen LogP contribution >= 0.6 is 0 Å². The second kappa shape index (κ2) is 10.2. The first-order valence-corrected chi connectivity index (χ1v) is 13.6. The Morgan fingerprint density at radius 1 is 1.02 bits per heavy atom. The first-order chi connectivity index (χ1) is 20.9. The number of benzene rings is 2. The van der Waals surface area contributed by atoms with E-state index in [0.29, 0.717) is 35.1 Å². The summed E-state index contributed by atoms with van der Waals surface area (Å²) >= 11 is 0. The van der Waals surface area contributed by atoms with Gasteiger partial charge in [-0.3, -0.25) is 14.3 Å². The Balaban J connectivity index is 1.21. The molecule has 0 fully saturated rings. The number of amides is 2. The van der Waals surface area contributed by atoms with E-state index in [1.54, 1.807) is 40.0 Å². The second-order valence-corrected chi connectivity index (χ2v) is 10.4. The highest BCUT2D eigenvalue weighted by Gasteiger charge is 2.32. The fourth-order valence-electron chi connectivity index (χ4n) is 5.33. The van der Waals surface area contributed by atoms with Crippen molar-refractivity contribution >= 4 is 45.9 Å². The van der Waals surface area contributed by atoms with Crippen molar-refractivity contribution in [1.82, 2.24) is 34.9 Å². The summed E-state index contributed by atoms with van der Waals surface area (Å²) < 4.78 is 1.78. The van der Waals surface area contributed by atoms with Crippen LogP contribution in [0, 0.1) is 13.8 Å². The van der Waals surface area contributed by atoms with Gasteiger partial charge < -0.3 is 20.5 Å². The number of aromatic nitrogens is 7. The molecule has 0 aliphatic carbocycles. The van der Waals surface area contributed by atoms with E-state index < -0.39 is 0 Å². The number of hydrogen-bond acceptors (Lipinski definition) is 8. The van der Waals surface area contributed by atoms with E-state index >= 15 is 0 Å². The normalized spacial score (nSPS) is 12.5. The van der Waals surface area contributed by atoms with Crippen LogP contribution in [0.25, 0.3) is 22.2 Å². The number of carbonyl (C=O) groups is 2. The van der Waals surface area contributed by atoms with Gasteiger partial charge in [0.1, 0.15) is 0 Å². The van der Waals surface area contributed by atoms with Gasteiger partial charge in [0.25, 0.3) is 11.8 Å². The van der Waals surface area contributed by atoms with Gasteiger partial charge in [0.05, 0.1) is 41.4 Å². The van der Waals surface area contributed by atoms with Gasteiger partial charge >= 0.3 is 0 Å². The number of carbonyl (C=O) groups excluding carboxylic acids is 2. The van der Waals surface area contributed by atoms with Gasteiger partial charge in [0.2, 0.25) is 5.95 Å². The van der Waals surface area contributed by atoms with Crippen LogP contribution in [0.15, 0.2) is 73.3 Å². The Hall–Kier alpha value is -5.91. The van der Waals surface area contributed by atoms with Gasteiger partial charge in [-0.05, 0) is 43.7 Å². The zero-order chi connectivity index (χ0) is 29.7. The largest absolute Gasteiger partial charge is 0.359 e. The molecule has 1 aliphatic heterocycles. The standard InChI is InChI=1S/C31H26N10O2/c1-17-13-33-31(37-26-12-18(2)40(3)39-26)38-27(17)22-15-32-28-20(22)6-5-9-25(28)41-16-23-21(30(41)43)7-4-8-24(23)36-29(42)19-10-11-34-35-14-19/h4-15,32H,16H2,1-3H3,(H,36,42)(H,33,37,38,39). The number of aromatic amines is 1. The van der Waals surface area contributed by atoms with Crippen LogP contribution in [0.5, 0.6) is 0 Å². The predicted molar refractivity (Wildman–Crippen MR) is 162 cm³/mol.